The molecule has 112 valence electrons. The van der Waals surface area contributed by atoms with Crippen molar-refractivity contribution in [3.63, 3.8) is 0 Å². The molecule has 0 unspecified atom stereocenters. The Morgan fingerprint density at radius 3 is 2.55 bits per heavy atom. The van der Waals surface area contributed by atoms with Gasteiger partial charge < -0.3 is 19.9 Å². The molecule has 2 N–H and O–H groups in total. The molecule has 1 aromatic carbocycles. The van der Waals surface area contributed by atoms with Crippen LogP contribution in [0.2, 0.25) is 0 Å². The third-order valence-corrected chi connectivity index (χ3v) is 3.03. The number of carboxylic acids is 1. The van der Waals surface area contributed by atoms with E-state index in [2.05, 4.69) is 5.32 Å². The second kappa shape index (κ2) is 9.20. The summed E-state index contributed by atoms with van der Waals surface area (Å²) >= 11 is 0. The summed E-state index contributed by atoms with van der Waals surface area (Å²) in [7, 11) is 3.25. The minimum atomic E-state index is -0.727. The van der Waals surface area contributed by atoms with Gasteiger partial charge in [0.25, 0.3) is 0 Å². The Kier molecular flexibility index (Phi) is 7.50. The van der Waals surface area contributed by atoms with Crippen molar-refractivity contribution in [1.29, 1.82) is 0 Å². The van der Waals surface area contributed by atoms with Crippen LogP contribution in [0.25, 0.3) is 0 Å². The lowest BCUT2D eigenvalue weighted by atomic mass is 10.1. The fraction of sp³-hybridized carbons (Fsp3) is 0.533. The van der Waals surface area contributed by atoms with Crippen LogP contribution in [0.4, 0.5) is 0 Å². The summed E-state index contributed by atoms with van der Waals surface area (Å²) in [6.07, 6.45) is 2.76. The van der Waals surface area contributed by atoms with E-state index in [1.54, 1.807) is 14.2 Å². The summed E-state index contributed by atoms with van der Waals surface area (Å²) in [4.78, 5) is 10.3. The maximum absolute atomic E-state index is 10.3. The van der Waals surface area contributed by atoms with E-state index in [1.165, 1.54) is 5.56 Å². The molecule has 5 nitrogen and oxygen atoms in total. The topological polar surface area (TPSA) is 67.8 Å². The lowest BCUT2D eigenvalue weighted by Crippen LogP contribution is -2.18. The zero-order chi connectivity index (χ0) is 14.8. The van der Waals surface area contributed by atoms with Crippen LogP contribution in [0, 0.1) is 0 Å². The Bertz CT molecular complexity index is 420. The molecule has 0 atom stereocenters. The van der Waals surface area contributed by atoms with Gasteiger partial charge in [-0.25, -0.2) is 0 Å². The molecule has 0 aliphatic rings. The van der Waals surface area contributed by atoms with Gasteiger partial charge in [0, 0.05) is 6.42 Å². The maximum atomic E-state index is 10.3. The molecule has 0 amide bonds. The Hall–Kier alpha value is -1.75. The van der Waals surface area contributed by atoms with Crippen molar-refractivity contribution in [2.45, 2.75) is 25.7 Å². The molecule has 0 aliphatic carbocycles. The number of methoxy groups -OCH3 is 2. The molecule has 0 saturated carbocycles. The fourth-order valence-electron chi connectivity index (χ4n) is 1.92. The van der Waals surface area contributed by atoms with Gasteiger partial charge in [0.1, 0.15) is 0 Å². The Balaban J connectivity index is 2.23. The predicted molar refractivity (Wildman–Crippen MR) is 77.6 cm³/mol. The number of carbonyl (C=O) groups is 1. The predicted octanol–water partition coefficient (Wildman–Crippen LogP) is 2.09. The summed E-state index contributed by atoms with van der Waals surface area (Å²) < 4.78 is 10.4. The van der Waals surface area contributed by atoms with Crippen molar-refractivity contribution in [3.05, 3.63) is 23.8 Å². The van der Waals surface area contributed by atoms with Crippen molar-refractivity contribution in [3.8, 4) is 11.5 Å². The SMILES string of the molecule is COc1ccc(CCNCCCCC(=O)O)cc1OC. The molecule has 0 aromatic heterocycles. The minimum absolute atomic E-state index is 0.247. The smallest absolute Gasteiger partial charge is 0.303 e. The van der Waals surface area contributed by atoms with Crippen LogP contribution in [-0.2, 0) is 11.2 Å². The summed E-state index contributed by atoms with van der Waals surface area (Å²) in [6, 6.07) is 5.90. The highest BCUT2D eigenvalue weighted by molar-refractivity contribution is 5.66. The van der Waals surface area contributed by atoms with Gasteiger partial charge in [-0.3, -0.25) is 4.79 Å². The first-order valence-electron chi connectivity index (χ1n) is 6.80. The van der Waals surface area contributed by atoms with E-state index in [-0.39, 0.29) is 6.42 Å². The first-order valence-corrected chi connectivity index (χ1v) is 6.80. The Labute approximate surface area is 119 Å². The average Bonchev–Trinajstić information content (AvgIpc) is 2.45. The fourth-order valence-corrected chi connectivity index (χ4v) is 1.92. The van der Waals surface area contributed by atoms with E-state index in [0.29, 0.717) is 0 Å². The van der Waals surface area contributed by atoms with Gasteiger partial charge in [0.05, 0.1) is 14.2 Å². The van der Waals surface area contributed by atoms with Gasteiger partial charge in [0.15, 0.2) is 11.5 Å². The molecule has 20 heavy (non-hydrogen) atoms. The summed E-state index contributed by atoms with van der Waals surface area (Å²) in [5.41, 5.74) is 1.18. The van der Waals surface area contributed by atoms with Crippen molar-refractivity contribution >= 4 is 5.97 Å². The van der Waals surface area contributed by atoms with E-state index in [4.69, 9.17) is 14.6 Å². The number of ether oxygens (including phenoxy) is 2. The zero-order valence-corrected chi connectivity index (χ0v) is 12.1. The van der Waals surface area contributed by atoms with Crippen LogP contribution in [0.1, 0.15) is 24.8 Å². The van der Waals surface area contributed by atoms with E-state index >= 15 is 0 Å². The number of unbranched alkanes of at least 4 members (excludes halogenated alkanes) is 1. The number of benzene rings is 1. The van der Waals surface area contributed by atoms with Crippen LogP contribution in [0.5, 0.6) is 11.5 Å². The van der Waals surface area contributed by atoms with Crippen LogP contribution in [0.3, 0.4) is 0 Å². The quantitative estimate of drug-likeness (QED) is 0.643. The van der Waals surface area contributed by atoms with Crippen LogP contribution < -0.4 is 14.8 Å². The van der Waals surface area contributed by atoms with Gasteiger partial charge in [-0.1, -0.05) is 6.07 Å². The lowest BCUT2D eigenvalue weighted by molar-refractivity contribution is -0.137. The number of aliphatic carboxylic acids is 1. The molecule has 0 spiro atoms. The molecular weight excluding hydrogens is 258 g/mol. The molecule has 1 rings (SSSR count). The highest BCUT2D eigenvalue weighted by Crippen LogP contribution is 2.27. The van der Waals surface area contributed by atoms with Crippen molar-refractivity contribution in [1.82, 2.24) is 5.32 Å². The molecule has 0 bridgehead atoms. The molecule has 0 saturated heterocycles. The molecule has 1 aromatic rings. The average molecular weight is 281 g/mol. The normalized spacial score (nSPS) is 10.3. The van der Waals surface area contributed by atoms with Gasteiger partial charge in [-0.05, 0) is 50.0 Å². The van der Waals surface area contributed by atoms with Gasteiger partial charge in [0.2, 0.25) is 0 Å². The van der Waals surface area contributed by atoms with E-state index in [9.17, 15) is 4.79 Å². The largest absolute Gasteiger partial charge is 0.493 e. The third-order valence-electron chi connectivity index (χ3n) is 3.03. The number of carboxylic acid groups (broad SMARTS) is 1. The highest BCUT2D eigenvalue weighted by atomic mass is 16.5. The second-order valence-electron chi connectivity index (χ2n) is 4.54. The summed E-state index contributed by atoms with van der Waals surface area (Å²) in [5.74, 6) is 0.750. The lowest BCUT2D eigenvalue weighted by Gasteiger charge is -2.10. The van der Waals surface area contributed by atoms with Gasteiger partial charge in [-0.15, -0.1) is 0 Å². The Morgan fingerprint density at radius 2 is 1.90 bits per heavy atom. The molecule has 0 aliphatic heterocycles. The number of hydrogen-bond donors (Lipinski definition) is 2. The summed E-state index contributed by atoms with van der Waals surface area (Å²) in [6.45, 7) is 1.71. The second-order valence-corrected chi connectivity index (χ2v) is 4.54. The standard InChI is InChI=1S/C15H23NO4/c1-19-13-7-6-12(11-14(13)20-2)8-10-16-9-4-3-5-15(17)18/h6-7,11,16H,3-5,8-10H2,1-2H3,(H,17,18). The van der Waals surface area contributed by atoms with E-state index in [1.807, 2.05) is 18.2 Å². The number of hydrogen-bond acceptors (Lipinski definition) is 4. The zero-order valence-electron chi connectivity index (χ0n) is 12.1. The van der Waals surface area contributed by atoms with Crippen LogP contribution in [0.15, 0.2) is 18.2 Å². The van der Waals surface area contributed by atoms with Crippen LogP contribution in [-0.4, -0.2) is 38.4 Å². The molecule has 5 heteroatoms. The third kappa shape index (κ3) is 5.93. The van der Waals surface area contributed by atoms with Crippen molar-refractivity contribution in [2.75, 3.05) is 27.3 Å². The molecule has 0 heterocycles. The summed E-state index contributed by atoms with van der Waals surface area (Å²) in [5, 5.41) is 11.8. The van der Waals surface area contributed by atoms with Crippen molar-refractivity contribution < 1.29 is 19.4 Å². The van der Waals surface area contributed by atoms with Crippen LogP contribution >= 0.6 is 0 Å². The maximum Gasteiger partial charge on any atom is 0.303 e. The number of rotatable bonds is 10. The molecular formula is C15H23NO4. The van der Waals surface area contributed by atoms with E-state index in [0.717, 1.165) is 43.9 Å². The first-order chi connectivity index (χ1) is 9.67. The number of nitrogens with one attached hydrogen (secondary N) is 1. The van der Waals surface area contributed by atoms with E-state index < -0.39 is 5.97 Å². The van der Waals surface area contributed by atoms with Gasteiger partial charge >= 0.3 is 5.97 Å². The minimum Gasteiger partial charge on any atom is -0.493 e. The first kappa shape index (κ1) is 16.3. The monoisotopic (exact) mass is 281 g/mol. The molecule has 0 fully saturated rings. The Morgan fingerprint density at radius 1 is 1.15 bits per heavy atom. The van der Waals surface area contributed by atoms with Gasteiger partial charge in [-0.2, -0.15) is 0 Å². The van der Waals surface area contributed by atoms with Crippen molar-refractivity contribution in [2.24, 2.45) is 0 Å². The highest BCUT2D eigenvalue weighted by Gasteiger charge is 2.04. The molecule has 0 radical (unpaired) electrons.